The van der Waals surface area contributed by atoms with Crippen LogP contribution in [0.2, 0.25) is 0 Å². The van der Waals surface area contributed by atoms with E-state index in [4.69, 9.17) is 9.84 Å². The van der Waals surface area contributed by atoms with Crippen molar-refractivity contribution in [3.05, 3.63) is 29.8 Å². The SMILES string of the molecule is CCc1ccc(OCCCCCCCC(=O)O)cc1. The molecule has 0 aliphatic rings. The molecule has 0 saturated carbocycles. The molecule has 106 valence electrons. The maximum absolute atomic E-state index is 10.3. The van der Waals surface area contributed by atoms with E-state index in [0.717, 1.165) is 50.9 Å². The number of carbonyl (C=O) groups is 1. The van der Waals surface area contributed by atoms with Crippen molar-refractivity contribution in [1.82, 2.24) is 0 Å². The summed E-state index contributed by atoms with van der Waals surface area (Å²) in [4.78, 5) is 10.3. The fourth-order valence-corrected chi connectivity index (χ4v) is 1.92. The van der Waals surface area contributed by atoms with E-state index in [-0.39, 0.29) is 0 Å². The molecule has 0 aromatic heterocycles. The van der Waals surface area contributed by atoms with E-state index in [0.29, 0.717) is 6.42 Å². The van der Waals surface area contributed by atoms with Gasteiger partial charge >= 0.3 is 5.97 Å². The molecule has 0 radical (unpaired) electrons. The van der Waals surface area contributed by atoms with E-state index in [1.165, 1.54) is 5.56 Å². The lowest BCUT2D eigenvalue weighted by Crippen LogP contribution is -1.98. The maximum Gasteiger partial charge on any atom is 0.303 e. The molecular weight excluding hydrogens is 240 g/mol. The summed E-state index contributed by atoms with van der Waals surface area (Å²) in [7, 11) is 0. The molecule has 0 fully saturated rings. The quantitative estimate of drug-likeness (QED) is 0.648. The lowest BCUT2D eigenvalue weighted by molar-refractivity contribution is -0.137. The van der Waals surface area contributed by atoms with Gasteiger partial charge in [-0.1, -0.05) is 38.3 Å². The van der Waals surface area contributed by atoms with Gasteiger partial charge in [-0.3, -0.25) is 4.79 Å². The monoisotopic (exact) mass is 264 g/mol. The molecule has 0 aliphatic heterocycles. The van der Waals surface area contributed by atoms with E-state index in [2.05, 4.69) is 19.1 Å². The lowest BCUT2D eigenvalue weighted by atomic mass is 10.1. The Bertz CT molecular complexity index is 357. The first kappa shape index (κ1) is 15.5. The molecule has 3 heteroatoms. The van der Waals surface area contributed by atoms with Gasteiger partial charge in [-0.05, 0) is 37.0 Å². The molecule has 0 spiro atoms. The third kappa shape index (κ3) is 7.50. The highest BCUT2D eigenvalue weighted by molar-refractivity contribution is 5.66. The highest BCUT2D eigenvalue weighted by atomic mass is 16.5. The minimum absolute atomic E-state index is 0.292. The smallest absolute Gasteiger partial charge is 0.303 e. The first-order valence-corrected chi connectivity index (χ1v) is 7.16. The summed E-state index contributed by atoms with van der Waals surface area (Å²) in [5, 5.41) is 8.50. The summed E-state index contributed by atoms with van der Waals surface area (Å²) in [6.07, 6.45) is 6.35. The van der Waals surface area contributed by atoms with Gasteiger partial charge in [0.1, 0.15) is 5.75 Å². The third-order valence-corrected chi connectivity index (χ3v) is 3.14. The van der Waals surface area contributed by atoms with Gasteiger partial charge in [0.2, 0.25) is 0 Å². The average Bonchev–Trinajstić information content (AvgIpc) is 2.42. The first-order valence-electron chi connectivity index (χ1n) is 7.16. The normalized spacial score (nSPS) is 10.4. The van der Waals surface area contributed by atoms with Crippen molar-refractivity contribution in [3.8, 4) is 5.75 Å². The van der Waals surface area contributed by atoms with Gasteiger partial charge in [0.05, 0.1) is 6.61 Å². The average molecular weight is 264 g/mol. The van der Waals surface area contributed by atoms with E-state index >= 15 is 0 Å². The predicted molar refractivity (Wildman–Crippen MR) is 76.7 cm³/mol. The zero-order valence-electron chi connectivity index (χ0n) is 11.7. The van der Waals surface area contributed by atoms with Crippen molar-refractivity contribution < 1.29 is 14.6 Å². The molecule has 1 aromatic carbocycles. The molecule has 0 bridgehead atoms. The second-order valence-corrected chi connectivity index (χ2v) is 4.76. The molecule has 0 unspecified atom stereocenters. The molecule has 1 rings (SSSR count). The Morgan fingerprint density at radius 2 is 1.68 bits per heavy atom. The summed E-state index contributed by atoms with van der Waals surface area (Å²) in [6, 6.07) is 8.24. The van der Waals surface area contributed by atoms with Gasteiger partial charge in [-0.2, -0.15) is 0 Å². The second-order valence-electron chi connectivity index (χ2n) is 4.76. The van der Waals surface area contributed by atoms with Crippen LogP contribution in [0.1, 0.15) is 51.0 Å². The van der Waals surface area contributed by atoms with Crippen molar-refractivity contribution in [2.75, 3.05) is 6.61 Å². The van der Waals surface area contributed by atoms with Crippen molar-refractivity contribution in [1.29, 1.82) is 0 Å². The number of aliphatic carboxylic acids is 1. The Morgan fingerprint density at radius 3 is 2.32 bits per heavy atom. The lowest BCUT2D eigenvalue weighted by Gasteiger charge is -2.06. The van der Waals surface area contributed by atoms with Gasteiger partial charge in [0, 0.05) is 6.42 Å². The number of benzene rings is 1. The third-order valence-electron chi connectivity index (χ3n) is 3.14. The number of hydrogen-bond acceptors (Lipinski definition) is 2. The van der Waals surface area contributed by atoms with Gasteiger partial charge in [-0.15, -0.1) is 0 Å². The number of rotatable bonds is 10. The number of unbranched alkanes of at least 4 members (excludes halogenated alkanes) is 4. The molecule has 0 saturated heterocycles. The summed E-state index contributed by atoms with van der Waals surface area (Å²) >= 11 is 0. The van der Waals surface area contributed by atoms with Crippen LogP contribution in [0, 0.1) is 0 Å². The summed E-state index contributed by atoms with van der Waals surface area (Å²) < 4.78 is 5.66. The Hall–Kier alpha value is -1.51. The molecule has 3 nitrogen and oxygen atoms in total. The van der Waals surface area contributed by atoms with Gasteiger partial charge in [0.25, 0.3) is 0 Å². The Kier molecular flexibility index (Phi) is 7.71. The molecule has 19 heavy (non-hydrogen) atoms. The van der Waals surface area contributed by atoms with Crippen LogP contribution < -0.4 is 4.74 Å². The molecule has 0 amide bonds. The van der Waals surface area contributed by atoms with Crippen LogP contribution in [0.15, 0.2) is 24.3 Å². The fourth-order valence-electron chi connectivity index (χ4n) is 1.92. The van der Waals surface area contributed by atoms with Gasteiger partial charge < -0.3 is 9.84 Å². The Balaban J connectivity index is 1.99. The van der Waals surface area contributed by atoms with Gasteiger partial charge in [-0.25, -0.2) is 0 Å². The topological polar surface area (TPSA) is 46.5 Å². The highest BCUT2D eigenvalue weighted by Crippen LogP contribution is 2.13. The standard InChI is InChI=1S/C16H24O3/c1-2-14-9-11-15(12-10-14)19-13-7-5-3-4-6-8-16(17)18/h9-12H,2-8,13H2,1H3,(H,17,18). The highest BCUT2D eigenvalue weighted by Gasteiger charge is 1.97. The number of ether oxygens (including phenoxy) is 1. The summed E-state index contributed by atoms with van der Waals surface area (Å²) in [5.74, 6) is 0.238. The minimum Gasteiger partial charge on any atom is -0.494 e. The summed E-state index contributed by atoms with van der Waals surface area (Å²) in [6.45, 7) is 2.88. The Morgan fingerprint density at radius 1 is 1.05 bits per heavy atom. The molecule has 0 aliphatic carbocycles. The van der Waals surface area contributed by atoms with Crippen LogP contribution in [0.4, 0.5) is 0 Å². The zero-order chi connectivity index (χ0) is 13.9. The molecule has 0 atom stereocenters. The minimum atomic E-state index is -0.696. The van der Waals surface area contributed by atoms with E-state index in [1.54, 1.807) is 0 Å². The van der Waals surface area contributed by atoms with Crippen molar-refractivity contribution in [2.24, 2.45) is 0 Å². The van der Waals surface area contributed by atoms with Crippen LogP contribution >= 0.6 is 0 Å². The van der Waals surface area contributed by atoms with Crippen molar-refractivity contribution >= 4 is 5.97 Å². The number of aryl methyl sites for hydroxylation is 1. The van der Waals surface area contributed by atoms with E-state index < -0.39 is 5.97 Å². The largest absolute Gasteiger partial charge is 0.494 e. The molecular formula is C16H24O3. The van der Waals surface area contributed by atoms with Crippen LogP contribution in [0.3, 0.4) is 0 Å². The zero-order valence-corrected chi connectivity index (χ0v) is 11.7. The van der Waals surface area contributed by atoms with Crippen LogP contribution in [0.25, 0.3) is 0 Å². The van der Waals surface area contributed by atoms with Crippen molar-refractivity contribution in [3.63, 3.8) is 0 Å². The van der Waals surface area contributed by atoms with Crippen LogP contribution in [-0.4, -0.2) is 17.7 Å². The van der Waals surface area contributed by atoms with E-state index in [1.807, 2.05) is 12.1 Å². The summed E-state index contributed by atoms with van der Waals surface area (Å²) in [5.41, 5.74) is 1.32. The van der Waals surface area contributed by atoms with Crippen molar-refractivity contribution in [2.45, 2.75) is 51.9 Å². The second kappa shape index (κ2) is 9.42. The van der Waals surface area contributed by atoms with Crippen LogP contribution in [-0.2, 0) is 11.2 Å². The number of carboxylic acid groups (broad SMARTS) is 1. The fraction of sp³-hybridized carbons (Fsp3) is 0.562. The number of carboxylic acids is 1. The number of hydrogen-bond donors (Lipinski definition) is 1. The molecule has 1 aromatic rings. The first-order chi connectivity index (χ1) is 9.22. The molecule has 0 heterocycles. The maximum atomic E-state index is 10.3. The van der Waals surface area contributed by atoms with Gasteiger partial charge in [0.15, 0.2) is 0 Å². The van der Waals surface area contributed by atoms with E-state index in [9.17, 15) is 4.79 Å². The Labute approximate surface area is 115 Å². The van der Waals surface area contributed by atoms with Crippen LogP contribution in [0.5, 0.6) is 5.75 Å². The molecule has 1 N–H and O–H groups in total. The predicted octanol–water partition coefficient (Wildman–Crippen LogP) is 4.05.